The topological polar surface area (TPSA) is 37.0 Å². The summed E-state index contributed by atoms with van der Waals surface area (Å²) >= 11 is 12.4. The summed E-state index contributed by atoms with van der Waals surface area (Å²) in [7, 11) is 0. The molecule has 0 radical (unpaired) electrons. The van der Waals surface area contributed by atoms with Crippen molar-refractivity contribution in [3.8, 4) is 0 Å². The van der Waals surface area contributed by atoms with Crippen molar-refractivity contribution in [2.45, 2.75) is 32.2 Å². The standard InChI is InChI=1S/C15H19Cl2N3/c1-2-18-14-9(16)6-10(17)15(20-14)19-13-11-7-3-4-8(5-7)12(11)13/h6-8,11-13H,2-5H2,1H3,(H2,18,19,20). The molecule has 4 atom stereocenters. The zero-order valence-corrected chi connectivity index (χ0v) is 13.0. The normalized spacial score (nSPS) is 36.9. The van der Waals surface area contributed by atoms with E-state index < -0.39 is 0 Å². The summed E-state index contributed by atoms with van der Waals surface area (Å²) in [5.41, 5.74) is 0. The fourth-order valence-electron chi connectivity index (χ4n) is 4.54. The van der Waals surface area contributed by atoms with Gasteiger partial charge >= 0.3 is 0 Å². The predicted octanol–water partition coefficient (Wildman–Crippen LogP) is 4.28. The van der Waals surface area contributed by atoms with Gasteiger partial charge in [-0.25, -0.2) is 4.98 Å². The van der Waals surface area contributed by atoms with Crippen molar-refractivity contribution in [1.82, 2.24) is 4.98 Å². The lowest BCUT2D eigenvalue weighted by molar-refractivity contribution is 0.456. The maximum Gasteiger partial charge on any atom is 0.147 e. The van der Waals surface area contributed by atoms with Crippen LogP contribution in [-0.2, 0) is 0 Å². The van der Waals surface area contributed by atoms with Crippen LogP contribution in [0.3, 0.4) is 0 Å². The molecule has 20 heavy (non-hydrogen) atoms. The molecule has 2 bridgehead atoms. The van der Waals surface area contributed by atoms with Crippen molar-refractivity contribution in [3.05, 3.63) is 16.1 Å². The maximum absolute atomic E-state index is 6.28. The minimum absolute atomic E-state index is 0.582. The SMILES string of the molecule is CCNc1nc(NC2C3C4CCC(C4)C23)c(Cl)cc1Cl. The first-order valence-electron chi connectivity index (χ1n) is 7.55. The van der Waals surface area contributed by atoms with Crippen LogP contribution in [0.15, 0.2) is 6.07 Å². The molecule has 3 nitrogen and oxygen atoms in total. The molecular weight excluding hydrogens is 293 g/mol. The van der Waals surface area contributed by atoms with E-state index in [-0.39, 0.29) is 0 Å². The largest absolute Gasteiger partial charge is 0.369 e. The molecule has 3 aliphatic carbocycles. The Morgan fingerprint density at radius 1 is 1.15 bits per heavy atom. The van der Waals surface area contributed by atoms with Gasteiger partial charge in [0.05, 0.1) is 10.0 Å². The Bertz CT molecular complexity index is 532. The van der Waals surface area contributed by atoms with Crippen LogP contribution in [0.25, 0.3) is 0 Å². The zero-order chi connectivity index (χ0) is 13.9. The molecule has 3 aliphatic rings. The number of nitrogens with zero attached hydrogens (tertiary/aromatic N) is 1. The molecule has 5 heteroatoms. The van der Waals surface area contributed by atoms with Crippen molar-refractivity contribution >= 4 is 34.8 Å². The van der Waals surface area contributed by atoms with Crippen LogP contribution in [0.4, 0.5) is 11.6 Å². The number of hydrogen-bond donors (Lipinski definition) is 2. The van der Waals surface area contributed by atoms with Crippen molar-refractivity contribution in [1.29, 1.82) is 0 Å². The van der Waals surface area contributed by atoms with Gasteiger partial charge in [0.25, 0.3) is 0 Å². The molecule has 1 aromatic heterocycles. The van der Waals surface area contributed by atoms with Crippen molar-refractivity contribution < 1.29 is 0 Å². The number of rotatable bonds is 4. The molecule has 0 aromatic carbocycles. The van der Waals surface area contributed by atoms with Crippen molar-refractivity contribution in [2.75, 3.05) is 17.2 Å². The third kappa shape index (κ3) is 1.90. The summed E-state index contributed by atoms with van der Waals surface area (Å²) in [6.45, 7) is 2.83. The number of fused-ring (bicyclic) bond motifs is 5. The zero-order valence-electron chi connectivity index (χ0n) is 11.5. The quantitative estimate of drug-likeness (QED) is 0.871. The second kappa shape index (κ2) is 4.67. The van der Waals surface area contributed by atoms with E-state index in [0.29, 0.717) is 16.1 Å². The predicted molar refractivity (Wildman–Crippen MR) is 83.6 cm³/mol. The Labute approximate surface area is 129 Å². The molecule has 108 valence electrons. The highest BCUT2D eigenvalue weighted by atomic mass is 35.5. The highest BCUT2D eigenvalue weighted by molar-refractivity contribution is 6.37. The number of halogens is 2. The van der Waals surface area contributed by atoms with E-state index in [0.717, 1.165) is 41.9 Å². The van der Waals surface area contributed by atoms with Crippen LogP contribution >= 0.6 is 23.2 Å². The summed E-state index contributed by atoms with van der Waals surface area (Å²) in [5.74, 6) is 5.12. The van der Waals surface area contributed by atoms with Crippen LogP contribution in [0.1, 0.15) is 26.2 Å². The summed E-state index contributed by atoms with van der Waals surface area (Å²) in [6.07, 6.45) is 4.31. The average Bonchev–Trinajstić information content (AvgIpc) is 2.81. The van der Waals surface area contributed by atoms with Crippen molar-refractivity contribution in [2.24, 2.45) is 23.7 Å². The van der Waals surface area contributed by atoms with E-state index in [1.165, 1.54) is 19.3 Å². The first-order valence-corrected chi connectivity index (χ1v) is 8.31. The highest BCUT2D eigenvalue weighted by Gasteiger charge is 2.65. The van der Waals surface area contributed by atoms with Gasteiger partial charge in [-0.3, -0.25) is 0 Å². The van der Waals surface area contributed by atoms with Gasteiger partial charge in [-0.15, -0.1) is 0 Å². The summed E-state index contributed by atoms with van der Waals surface area (Å²) < 4.78 is 0. The van der Waals surface area contributed by atoms with Gasteiger partial charge in [0, 0.05) is 12.6 Å². The molecule has 1 aromatic rings. The third-order valence-electron chi connectivity index (χ3n) is 5.31. The van der Waals surface area contributed by atoms with E-state index in [2.05, 4.69) is 15.6 Å². The molecule has 4 unspecified atom stereocenters. The average molecular weight is 312 g/mol. The van der Waals surface area contributed by atoms with Gasteiger partial charge in [-0.1, -0.05) is 23.2 Å². The summed E-state index contributed by atoms with van der Waals surface area (Å²) in [4.78, 5) is 4.55. The van der Waals surface area contributed by atoms with Gasteiger partial charge in [-0.05, 0) is 55.9 Å². The molecule has 3 fully saturated rings. The number of hydrogen-bond acceptors (Lipinski definition) is 3. The smallest absolute Gasteiger partial charge is 0.147 e. The summed E-state index contributed by atoms with van der Waals surface area (Å²) in [6, 6.07) is 2.37. The number of aromatic nitrogens is 1. The van der Waals surface area contributed by atoms with Crippen LogP contribution in [0.2, 0.25) is 10.0 Å². The second-order valence-electron chi connectivity index (χ2n) is 6.34. The Morgan fingerprint density at radius 3 is 2.45 bits per heavy atom. The van der Waals surface area contributed by atoms with E-state index in [4.69, 9.17) is 23.2 Å². The minimum atomic E-state index is 0.582. The second-order valence-corrected chi connectivity index (χ2v) is 7.15. The molecule has 2 N–H and O–H groups in total. The molecule has 0 saturated heterocycles. The van der Waals surface area contributed by atoms with Crippen LogP contribution in [0.5, 0.6) is 0 Å². The Kier molecular flexibility index (Phi) is 3.04. The Balaban J connectivity index is 1.53. The van der Waals surface area contributed by atoms with E-state index in [9.17, 15) is 0 Å². The fourth-order valence-corrected chi connectivity index (χ4v) is 5.02. The van der Waals surface area contributed by atoms with Gasteiger partial charge in [-0.2, -0.15) is 0 Å². The lowest BCUT2D eigenvalue weighted by Gasteiger charge is -2.14. The van der Waals surface area contributed by atoms with Gasteiger partial charge in [0.2, 0.25) is 0 Å². The Morgan fingerprint density at radius 2 is 1.80 bits per heavy atom. The minimum Gasteiger partial charge on any atom is -0.369 e. The van der Waals surface area contributed by atoms with Crippen LogP contribution in [0, 0.1) is 23.7 Å². The number of pyridine rings is 1. The lowest BCUT2D eigenvalue weighted by atomic mass is 10.0. The molecule has 0 spiro atoms. The van der Waals surface area contributed by atoms with Gasteiger partial charge in [0.15, 0.2) is 0 Å². The molecule has 0 aliphatic heterocycles. The summed E-state index contributed by atoms with van der Waals surface area (Å²) in [5, 5.41) is 7.95. The van der Waals surface area contributed by atoms with Gasteiger partial charge < -0.3 is 10.6 Å². The molecule has 0 amide bonds. The lowest BCUT2D eigenvalue weighted by Crippen LogP contribution is -2.14. The highest BCUT2D eigenvalue weighted by Crippen LogP contribution is 2.66. The fraction of sp³-hybridized carbons (Fsp3) is 0.667. The van der Waals surface area contributed by atoms with Crippen LogP contribution < -0.4 is 10.6 Å². The number of nitrogens with one attached hydrogen (secondary N) is 2. The first kappa shape index (κ1) is 13.0. The van der Waals surface area contributed by atoms with E-state index in [1.54, 1.807) is 6.07 Å². The first-order chi connectivity index (χ1) is 9.69. The van der Waals surface area contributed by atoms with Crippen molar-refractivity contribution in [3.63, 3.8) is 0 Å². The third-order valence-corrected chi connectivity index (χ3v) is 5.89. The van der Waals surface area contributed by atoms with Gasteiger partial charge in [0.1, 0.15) is 11.6 Å². The van der Waals surface area contributed by atoms with E-state index >= 15 is 0 Å². The molecule has 3 saturated carbocycles. The Hall–Kier alpha value is -0.670. The molecular formula is C15H19Cl2N3. The molecule has 1 heterocycles. The van der Waals surface area contributed by atoms with E-state index in [1.807, 2.05) is 6.92 Å². The monoisotopic (exact) mass is 311 g/mol. The van der Waals surface area contributed by atoms with Crippen LogP contribution in [-0.4, -0.2) is 17.6 Å². The maximum atomic E-state index is 6.28. The number of anilines is 2. The molecule has 4 rings (SSSR count).